The molecule has 0 aliphatic rings. The number of aromatic nitrogens is 2. The molecule has 2 aromatic heterocycles. The van der Waals surface area contributed by atoms with E-state index in [2.05, 4.69) is 4.98 Å². The van der Waals surface area contributed by atoms with Gasteiger partial charge < -0.3 is 14.3 Å². The van der Waals surface area contributed by atoms with Crippen LogP contribution in [0.25, 0.3) is 22.0 Å². The van der Waals surface area contributed by atoms with Crippen molar-refractivity contribution in [3.63, 3.8) is 0 Å². The smallest absolute Gasteiger partial charge is 0.274 e. The largest absolute Gasteiger partial charge is 0.454 e. The Hall–Kier alpha value is -3.06. The molecule has 4 nitrogen and oxygen atoms in total. The van der Waals surface area contributed by atoms with Gasteiger partial charge in [0.2, 0.25) is 0 Å². The Morgan fingerprint density at radius 3 is 2.57 bits per heavy atom. The van der Waals surface area contributed by atoms with Crippen LogP contribution in [-0.2, 0) is 7.05 Å². The summed E-state index contributed by atoms with van der Waals surface area (Å²) in [6.07, 6.45) is 5.38. The number of fused-ring (bicyclic) bond motifs is 1. The lowest BCUT2D eigenvalue weighted by atomic mass is 10.0. The summed E-state index contributed by atoms with van der Waals surface area (Å²) in [7, 11) is 1.67. The maximum Gasteiger partial charge on any atom is 0.274 e. The molecule has 2 heterocycles. The summed E-state index contributed by atoms with van der Waals surface area (Å²) in [6, 6.07) is 10.5. The highest BCUT2D eigenvalue weighted by Gasteiger charge is 2.16. The molecule has 4 aromatic rings. The Bertz CT molecular complexity index is 1250. The van der Waals surface area contributed by atoms with Crippen LogP contribution in [-0.4, -0.2) is 15.8 Å². The topological polar surface area (TPSA) is 47.0 Å². The number of aryl methyl sites for hydroxylation is 1. The van der Waals surface area contributed by atoms with Gasteiger partial charge in [-0.25, -0.2) is 8.78 Å². The van der Waals surface area contributed by atoms with Crippen LogP contribution >= 0.6 is 11.8 Å². The number of nitrogens with zero attached hydrogens (tertiary/aromatic N) is 1. The van der Waals surface area contributed by atoms with Crippen LogP contribution in [0.4, 0.5) is 8.78 Å². The monoisotopic (exact) mass is 398 g/mol. The number of thioether (sulfide) groups is 1. The predicted molar refractivity (Wildman–Crippen MR) is 107 cm³/mol. The van der Waals surface area contributed by atoms with E-state index in [1.807, 2.05) is 24.5 Å². The molecule has 0 amide bonds. The van der Waals surface area contributed by atoms with Crippen LogP contribution in [0.15, 0.2) is 64.5 Å². The number of benzene rings is 2. The van der Waals surface area contributed by atoms with Gasteiger partial charge in [0.05, 0.1) is 0 Å². The van der Waals surface area contributed by atoms with Gasteiger partial charge >= 0.3 is 0 Å². The quantitative estimate of drug-likeness (QED) is 0.473. The van der Waals surface area contributed by atoms with E-state index in [9.17, 15) is 13.6 Å². The van der Waals surface area contributed by atoms with Gasteiger partial charge in [0.1, 0.15) is 17.1 Å². The number of halogens is 2. The van der Waals surface area contributed by atoms with Crippen molar-refractivity contribution in [1.82, 2.24) is 9.55 Å². The van der Waals surface area contributed by atoms with Gasteiger partial charge in [0, 0.05) is 46.9 Å². The fourth-order valence-electron chi connectivity index (χ4n) is 3.10. The molecule has 2 aromatic carbocycles. The van der Waals surface area contributed by atoms with Crippen molar-refractivity contribution >= 4 is 22.7 Å². The molecule has 0 saturated carbocycles. The molecule has 0 atom stereocenters. The highest BCUT2D eigenvalue weighted by Crippen LogP contribution is 2.39. The summed E-state index contributed by atoms with van der Waals surface area (Å²) in [5.74, 6) is -1.12. The van der Waals surface area contributed by atoms with Gasteiger partial charge in [0.15, 0.2) is 11.6 Å². The van der Waals surface area contributed by atoms with Gasteiger partial charge in [-0.05, 0) is 42.7 Å². The second-order valence-electron chi connectivity index (χ2n) is 6.26. The molecule has 28 heavy (non-hydrogen) atoms. The molecule has 7 heteroatoms. The Kier molecular flexibility index (Phi) is 4.68. The molecule has 0 fully saturated rings. The molecule has 0 aliphatic carbocycles. The lowest BCUT2D eigenvalue weighted by Gasteiger charge is -2.15. The van der Waals surface area contributed by atoms with Gasteiger partial charge in [-0.2, -0.15) is 0 Å². The fourth-order valence-corrected chi connectivity index (χ4v) is 3.54. The van der Waals surface area contributed by atoms with Crippen LogP contribution in [0.2, 0.25) is 0 Å². The van der Waals surface area contributed by atoms with E-state index in [0.717, 1.165) is 28.0 Å². The van der Waals surface area contributed by atoms with Crippen molar-refractivity contribution in [2.24, 2.45) is 7.05 Å². The average molecular weight is 398 g/mol. The number of nitrogens with one attached hydrogen (secondary N) is 1. The molecule has 0 saturated heterocycles. The maximum absolute atomic E-state index is 14.1. The minimum absolute atomic E-state index is 0.0744. The SMILES string of the molecule is CSc1ccc(Oc2ccc(F)cc2F)c(-c2cn(C)c(=O)c3[nH]ccc23)c1. The molecule has 0 unspecified atom stereocenters. The summed E-state index contributed by atoms with van der Waals surface area (Å²) in [6.45, 7) is 0. The van der Waals surface area contributed by atoms with Crippen molar-refractivity contribution < 1.29 is 13.5 Å². The molecule has 4 rings (SSSR count). The molecular formula is C21H16F2N2O2S. The first-order valence-corrected chi connectivity index (χ1v) is 9.68. The molecule has 1 N–H and O–H groups in total. The van der Waals surface area contributed by atoms with Crippen LogP contribution in [0.5, 0.6) is 11.5 Å². The minimum atomic E-state index is -0.785. The first kappa shape index (κ1) is 18.3. The summed E-state index contributed by atoms with van der Waals surface area (Å²) in [4.78, 5) is 16.3. The first-order chi connectivity index (χ1) is 13.5. The highest BCUT2D eigenvalue weighted by atomic mass is 32.2. The van der Waals surface area contributed by atoms with E-state index >= 15 is 0 Å². The normalized spacial score (nSPS) is 11.1. The number of rotatable bonds is 4. The number of H-pyrrole nitrogens is 1. The van der Waals surface area contributed by atoms with Crippen molar-refractivity contribution in [3.05, 3.63) is 76.8 Å². The minimum Gasteiger partial charge on any atom is -0.454 e. The van der Waals surface area contributed by atoms with E-state index in [4.69, 9.17) is 4.74 Å². The third-order valence-electron chi connectivity index (χ3n) is 4.48. The van der Waals surface area contributed by atoms with Crippen LogP contribution in [0, 0.1) is 11.6 Å². The van der Waals surface area contributed by atoms with E-state index < -0.39 is 11.6 Å². The third kappa shape index (κ3) is 3.18. The zero-order valence-electron chi connectivity index (χ0n) is 15.1. The lowest BCUT2D eigenvalue weighted by molar-refractivity contribution is 0.439. The standard InChI is InChI=1S/C21H16F2N2O2S/c1-25-11-16(14-7-8-24-20(14)21(25)26)15-10-13(28-2)4-6-18(15)27-19-5-3-12(22)9-17(19)23/h3-11,24H,1-2H3. The summed E-state index contributed by atoms with van der Waals surface area (Å²) < 4.78 is 34.6. The zero-order chi connectivity index (χ0) is 19.8. The summed E-state index contributed by atoms with van der Waals surface area (Å²) >= 11 is 1.56. The Balaban J connectivity index is 1.93. The lowest BCUT2D eigenvalue weighted by Crippen LogP contribution is -2.16. The van der Waals surface area contributed by atoms with E-state index in [1.54, 1.807) is 37.3 Å². The van der Waals surface area contributed by atoms with Crippen molar-refractivity contribution in [3.8, 4) is 22.6 Å². The Morgan fingerprint density at radius 1 is 1.04 bits per heavy atom. The fraction of sp³-hybridized carbons (Fsp3) is 0.0952. The molecule has 0 bridgehead atoms. The first-order valence-electron chi connectivity index (χ1n) is 8.46. The Morgan fingerprint density at radius 2 is 1.82 bits per heavy atom. The summed E-state index contributed by atoms with van der Waals surface area (Å²) in [5.41, 5.74) is 1.81. The zero-order valence-corrected chi connectivity index (χ0v) is 15.9. The number of hydrogen-bond donors (Lipinski definition) is 1. The summed E-state index contributed by atoms with van der Waals surface area (Å²) in [5, 5.41) is 0.741. The van der Waals surface area contributed by atoms with Gasteiger partial charge in [-0.1, -0.05) is 0 Å². The molecule has 142 valence electrons. The second kappa shape index (κ2) is 7.16. The molecular weight excluding hydrogens is 382 g/mol. The van der Waals surface area contributed by atoms with E-state index in [0.29, 0.717) is 16.8 Å². The molecule has 0 spiro atoms. The highest BCUT2D eigenvalue weighted by molar-refractivity contribution is 7.98. The molecule has 0 radical (unpaired) electrons. The van der Waals surface area contributed by atoms with Crippen molar-refractivity contribution in [1.29, 1.82) is 0 Å². The van der Waals surface area contributed by atoms with Gasteiger partial charge in [-0.3, -0.25) is 4.79 Å². The number of hydrogen-bond acceptors (Lipinski definition) is 3. The van der Waals surface area contributed by atoms with Crippen LogP contribution in [0.3, 0.4) is 0 Å². The molecule has 0 aliphatic heterocycles. The number of aromatic amines is 1. The maximum atomic E-state index is 14.1. The van der Waals surface area contributed by atoms with Gasteiger partial charge in [-0.15, -0.1) is 11.8 Å². The Labute approximate surface area is 163 Å². The van der Waals surface area contributed by atoms with E-state index in [-0.39, 0.29) is 11.3 Å². The van der Waals surface area contributed by atoms with E-state index in [1.165, 1.54) is 10.6 Å². The second-order valence-corrected chi connectivity index (χ2v) is 7.14. The van der Waals surface area contributed by atoms with Crippen molar-refractivity contribution in [2.75, 3.05) is 6.26 Å². The van der Waals surface area contributed by atoms with Crippen LogP contribution < -0.4 is 10.3 Å². The van der Waals surface area contributed by atoms with Crippen molar-refractivity contribution in [2.45, 2.75) is 4.90 Å². The third-order valence-corrected chi connectivity index (χ3v) is 5.21. The number of pyridine rings is 1. The predicted octanol–water partition coefficient (Wildman–Crippen LogP) is 5.33. The van der Waals surface area contributed by atoms with Gasteiger partial charge in [0.25, 0.3) is 5.56 Å². The number of ether oxygens (including phenoxy) is 1. The van der Waals surface area contributed by atoms with Crippen LogP contribution in [0.1, 0.15) is 0 Å². The average Bonchev–Trinajstić information content (AvgIpc) is 3.17.